The Morgan fingerprint density at radius 1 is 0.941 bits per heavy atom. The third-order valence-electron chi connectivity index (χ3n) is 4.82. The molecular formula is C25H22F5NO3. The topological polar surface area (TPSA) is 47.6 Å². The molecule has 0 aliphatic carbocycles. The summed E-state index contributed by atoms with van der Waals surface area (Å²) in [5.41, 5.74) is -1.09. The van der Waals surface area contributed by atoms with E-state index in [1.165, 1.54) is 18.2 Å². The van der Waals surface area contributed by atoms with Gasteiger partial charge in [-0.2, -0.15) is 13.2 Å². The number of para-hydroxylation sites is 1. The second-order valence-electron chi connectivity index (χ2n) is 7.88. The van der Waals surface area contributed by atoms with Crippen molar-refractivity contribution >= 4 is 11.7 Å². The molecule has 1 unspecified atom stereocenters. The first-order valence-corrected chi connectivity index (χ1v) is 10.3. The van der Waals surface area contributed by atoms with Crippen molar-refractivity contribution in [3.63, 3.8) is 0 Å². The van der Waals surface area contributed by atoms with Gasteiger partial charge in [0.05, 0.1) is 11.3 Å². The van der Waals surface area contributed by atoms with E-state index in [-0.39, 0.29) is 18.0 Å². The minimum Gasteiger partial charge on any atom is -0.459 e. The number of carbonyl (C=O) groups is 1. The maximum atomic E-state index is 14.2. The van der Waals surface area contributed by atoms with Gasteiger partial charge in [0, 0.05) is 6.07 Å². The number of anilines is 1. The molecule has 0 aromatic heterocycles. The Kier molecular flexibility index (Phi) is 7.75. The van der Waals surface area contributed by atoms with Crippen LogP contribution in [0.3, 0.4) is 0 Å². The molecular weight excluding hydrogens is 457 g/mol. The van der Waals surface area contributed by atoms with Crippen molar-refractivity contribution in [2.24, 2.45) is 5.92 Å². The molecule has 0 bridgehead atoms. The Hall–Kier alpha value is -3.62. The normalized spacial score (nSPS) is 12.4. The standard InChI is InChI=1S/C25H22F5NO3/c1-15(2)23(31-22-9-8-17(12-21(22)27)25(28,29)30)24(32)33-14-16-10-18(26)13-20(11-16)34-19-6-4-3-5-7-19/h3-13,15,23,31H,14H2,1-2H3. The largest absolute Gasteiger partial charge is 0.459 e. The van der Waals surface area contributed by atoms with Crippen molar-refractivity contribution in [1.29, 1.82) is 0 Å². The van der Waals surface area contributed by atoms with Gasteiger partial charge in [-0.15, -0.1) is 0 Å². The molecule has 1 atom stereocenters. The lowest BCUT2D eigenvalue weighted by Gasteiger charge is -2.22. The molecule has 0 saturated carbocycles. The first kappa shape index (κ1) is 25.0. The first-order chi connectivity index (χ1) is 16.0. The molecule has 34 heavy (non-hydrogen) atoms. The van der Waals surface area contributed by atoms with E-state index in [9.17, 15) is 26.7 Å². The summed E-state index contributed by atoms with van der Waals surface area (Å²) < 4.78 is 77.4. The Balaban J connectivity index is 1.68. The SMILES string of the molecule is CC(C)C(Nc1ccc(C(F)(F)F)cc1F)C(=O)OCc1cc(F)cc(Oc2ccccc2)c1. The van der Waals surface area contributed by atoms with Crippen LogP contribution >= 0.6 is 0 Å². The average molecular weight is 479 g/mol. The lowest BCUT2D eigenvalue weighted by Crippen LogP contribution is -2.36. The molecule has 0 aliphatic rings. The maximum Gasteiger partial charge on any atom is 0.416 e. The van der Waals surface area contributed by atoms with Gasteiger partial charge in [0.2, 0.25) is 0 Å². The van der Waals surface area contributed by atoms with Gasteiger partial charge in [-0.25, -0.2) is 13.6 Å². The Morgan fingerprint density at radius 2 is 1.65 bits per heavy atom. The van der Waals surface area contributed by atoms with Crippen LogP contribution in [0.4, 0.5) is 27.6 Å². The number of alkyl halides is 3. The van der Waals surface area contributed by atoms with E-state index in [1.54, 1.807) is 44.2 Å². The summed E-state index contributed by atoms with van der Waals surface area (Å²) in [6, 6.07) is 13.5. The molecule has 0 saturated heterocycles. The minimum absolute atomic E-state index is 0.211. The number of hydrogen-bond acceptors (Lipinski definition) is 4. The fourth-order valence-corrected chi connectivity index (χ4v) is 3.11. The van der Waals surface area contributed by atoms with Gasteiger partial charge in [-0.3, -0.25) is 0 Å². The number of rotatable bonds is 8. The minimum atomic E-state index is -4.69. The molecule has 180 valence electrons. The van der Waals surface area contributed by atoms with E-state index in [0.29, 0.717) is 17.4 Å². The van der Waals surface area contributed by atoms with Gasteiger partial charge < -0.3 is 14.8 Å². The Labute approximate surface area is 193 Å². The molecule has 9 heteroatoms. The summed E-state index contributed by atoms with van der Waals surface area (Å²) >= 11 is 0. The lowest BCUT2D eigenvalue weighted by molar-refractivity contribution is -0.147. The highest BCUT2D eigenvalue weighted by atomic mass is 19.4. The third kappa shape index (κ3) is 6.69. The third-order valence-corrected chi connectivity index (χ3v) is 4.82. The van der Waals surface area contributed by atoms with Crippen LogP contribution in [0.1, 0.15) is 25.0 Å². The monoisotopic (exact) mass is 479 g/mol. The van der Waals surface area contributed by atoms with Crippen molar-refractivity contribution in [3.8, 4) is 11.5 Å². The van der Waals surface area contributed by atoms with E-state index >= 15 is 0 Å². The second kappa shape index (κ2) is 10.5. The van der Waals surface area contributed by atoms with E-state index in [1.807, 2.05) is 0 Å². The molecule has 0 fully saturated rings. The molecule has 3 aromatic rings. The van der Waals surface area contributed by atoms with E-state index in [0.717, 1.165) is 12.1 Å². The molecule has 4 nitrogen and oxygen atoms in total. The summed E-state index contributed by atoms with van der Waals surface area (Å²) in [4.78, 5) is 12.6. The van der Waals surface area contributed by atoms with Crippen molar-refractivity contribution in [3.05, 3.63) is 89.5 Å². The van der Waals surface area contributed by atoms with Gasteiger partial charge >= 0.3 is 12.1 Å². The van der Waals surface area contributed by atoms with Crippen LogP contribution in [0, 0.1) is 17.6 Å². The van der Waals surface area contributed by atoms with Crippen LogP contribution in [0.5, 0.6) is 11.5 Å². The average Bonchev–Trinajstić information content (AvgIpc) is 2.76. The lowest BCUT2D eigenvalue weighted by atomic mass is 10.0. The highest BCUT2D eigenvalue weighted by Gasteiger charge is 2.32. The van der Waals surface area contributed by atoms with Crippen molar-refractivity contribution < 1.29 is 36.2 Å². The molecule has 0 spiro atoms. The molecule has 3 aromatic carbocycles. The van der Waals surface area contributed by atoms with Crippen LogP contribution < -0.4 is 10.1 Å². The molecule has 0 amide bonds. The van der Waals surface area contributed by atoms with E-state index in [4.69, 9.17) is 9.47 Å². The molecule has 0 radical (unpaired) electrons. The van der Waals surface area contributed by atoms with Crippen LogP contribution in [-0.2, 0) is 22.3 Å². The summed E-state index contributed by atoms with van der Waals surface area (Å²) in [7, 11) is 0. The zero-order chi connectivity index (χ0) is 24.9. The zero-order valence-electron chi connectivity index (χ0n) is 18.3. The summed E-state index contributed by atoms with van der Waals surface area (Å²) in [6.45, 7) is 3.03. The van der Waals surface area contributed by atoms with Crippen molar-refractivity contribution in [1.82, 2.24) is 0 Å². The Bertz CT molecular complexity index is 1130. The summed E-state index contributed by atoms with van der Waals surface area (Å²) in [6.07, 6.45) is -4.69. The predicted octanol–water partition coefficient (Wildman–Crippen LogP) is 6.96. The first-order valence-electron chi connectivity index (χ1n) is 10.3. The maximum absolute atomic E-state index is 14.2. The number of halogens is 5. The molecule has 1 N–H and O–H groups in total. The van der Waals surface area contributed by atoms with Gasteiger partial charge in [-0.05, 0) is 53.9 Å². The second-order valence-corrected chi connectivity index (χ2v) is 7.88. The van der Waals surface area contributed by atoms with Crippen molar-refractivity contribution in [2.75, 3.05) is 5.32 Å². The molecule has 3 rings (SSSR count). The number of nitrogens with one attached hydrogen (secondary N) is 1. The fraction of sp³-hybridized carbons (Fsp3) is 0.240. The summed E-state index contributed by atoms with van der Waals surface area (Å²) in [5.74, 6) is -2.20. The van der Waals surface area contributed by atoms with Crippen LogP contribution in [0.15, 0.2) is 66.7 Å². The van der Waals surface area contributed by atoms with Crippen LogP contribution in [-0.4, -0.2) is 12.0 Å². The zero-order valence-corrected chi connectivity index (χ0v) is 18.3. The quantitative estimate of drug-likeness (QED) is 0.280. The summed E-state index contributed by atoms with van der Waals surface area (Å²) in [5, 5.41) is 2.60. The van der Waals surface area contributed by atoms with Gasteiger partial charge in [0.15, 0.2) is 0 Å². The predicted molar refractivity (Wildman–Crippen MR) is 116 cm³/mol. The number of ether oxygens (including phenoxy) is 2. The number of hydrogen-bond donors (Lipinski definition) is 1. The van der Waals surface area contributed by atoms with E-state index in [2.05, 4.69) is 5.32 Å². The van der Waals surface area contributed by atoms with Crippen LogP contribution in [0.2, 0.25) is 0 Å². The van der Waals surface area contributed by atoms with E-state index < -0.39 is 41.3 Å². The van der Waals surface area contributed by atoms with Gasteiger partial charge in [-0.1, -0.05) is 32.0 Å². The van der Waals surface area contributed by atoms with Crippen LogP contribution in [0.25, 0.3) is 0 Å². The van der Waals surface area contributed by atoms with Gasteiger partial charge in [0.1, 0.15) is 35.8 Å². The fourth-order valence-electron chi connectivity index (χ4n) is 3.11. The van der Waals surface area contributed by atoms with Gasteiger partial charge in [0.25, 0.3) is 0 Å². The Morgan fingerprint density at radius 3 is 2.26 bits per heavy atom. The number of carbonyl (C=O) groups excluding carboxylic acids is 1. The van der Waals surface area contributed by atoms with Crippen molar-refractivity contribution in [2.45, 2.75) is 32.7 Å². The highest BCUT2D eigenvalue weighted by molar-refractivity contribution is 5.79. The molecule has 0 heterocycles. The number of benzene rings is 3. The highest BCUT2D eigenvalue weighted by Crippen LogP contribution is 2.32. The smallest absolute Gasteiger partial charge is 0.416 e. The number of esters is 1. The molecule has 0 aliphatic heterocycles.